The van der Waals surface area contributed by atoms with Gasteiger partial charge >= 0.3 is 0 Å². The minimum atomic E-state index is 0.131. The van der Waals surface area contributed by atoms with Crippen molar-refractivity contribution in [2.75, 3.05) is 13.2 Å². The molecule has 0 amide bonds. The third-order valence-corrected chi connectivity index (χ3v) is 5.68. The average molecular weight is 340 g/mol. The third-order valence-electron chi connectivity index (χ3n) is 5.68. The normalized spacial score (nSPS) is 32.1. The number of hydrogen-bond donors (Lipinski definition) is 0. The van der Waals surface area contributed by atoms with E-state index in [1.165, 1.54) is 12.0 Å². The fourth-order valence-corrected chi connectivity index (χ4v) is 4.03. The van der Waals surface area contributed by atoms with Crippen molar-refractivity contribution in [1.29, 1.82) is 0 Å². The van der Waals surface area contributed by atoms with Crippen LogP contribution < -0.4 is 0 Å². The standard InChI is InChI=1S/C21H28N2O2/c1-21(2,3)18-13-25-20(23-18)16-11-7-10-15(16)19-22-17(12-24-19)14-8-5-4-6-9-14/h4-6,8-9,15-18H,7,10-13H2,1-3H3/t15-,16-,17-,18-/m1/s1. The molecule has 0 spiro atoms. The third kappa shape index (κ3) is 3.31. The summed E-state index contributed by atoms with van der Waals surface area (Å²) in [5, 5.41) is 0. The maximum atomic E-state index is 6.03. The Labute approximate surface area is 150 Å². The van der Waals surface area contributed by atoms with Crippen LogP contribution in [0.2, 0.25) is 0 Å². The maximum absolute atomic E-state index is 6.03. The van der Waals surface area contributed by atoms with Crippen molar-refractivity contribution in [3.8, 4) is 0 Å². The number of nitrogens with zero attached hydrogens (tertiary/aromatic N) is 2. The fraction of sp³-hybridized carbons (Fsp3) is 0.619. The van der Waals surface area contributed by atoms with Crippen LogP contribution in [-0.2, 0) is 9.47 Å². The first-order chi connectivity index (χ1) is 12.0. The maximum Gasteiger partial charge on any atom is 0.188 e. The van der Waals surface area contributed by atoms with Gasteiger partial charge in [-0.1, -0.05) is 57.5 Å². The predicted molar refractivity (Wildman–Crippen MR) is 100 cm³/mol. The van der Waals surface area contributed by atoms with Crippen LogP contribution in [0, 0.1) is 17.3 Å². The van der Waals surface area contributed by atoms with Gasteiger partial charge in [-0.2, -0.15) is 0 Å². The molecule has 1 aromatic carbocycles. The van der Waals surface area contributed by atoms with E-state index in [1.807, 2.05) is 6.07 Å². The first-order valence-electron chi connectivity index (χ1n) is 9.48. The van der Waals surface area contributed by atoms with E-state index in [0.717, 1.165) is 24.6 Å². The summed E-state index contributed by atoms with van der Waals surface area (Å²) in [6.45, 7) is 8.05. The minimum absolute atomic E-state index is 0.131. The van der Waals surface area contributed by atoms with Gasteiger partial charge in [-0.3, -0.25) is 0 Å². The zero-order valence-electron chi connectivity index (χ0n) is 15.4. The van der Waals surface area contributed by atoms with Gasteiger partial charge in [0.2, 0.25) is 0 Å². The second-order valence-electron chi connectivity index (χ2n) is 8.51. The summed E-state index contributed by atoms with van der Waals surface area (Å²) in [5.41, 5.74) is 1.38. The van der Waals surface area contributed by atoms with E-state index in [0.29, 0.717) is 25.0 Å². The van der Waals surface area contributed by atoms with Gasteiger partial charge in [-0.15, -0.1) is 0 Å². The van der Waals surface area contributed by atoms with E-state index in [1.54, 1.807) is 0 Å². The lowest BCUT2D eigenvalue weighted by Gasteiger charge is -2.22. The lowest BCUT2D eigenvalue weighted by Crippen LogP contribution is -2.26. The Morgan fingerprint density at radius 3 is 2.16 bits per heavy atom. The number of ether oxygens (including phenoxy) is 2. The summed E-state index contributed by atoms with van der Waals surface area (Å²) in [6.07, 6.45) is 3.43. The van der Waals surface area contributed by atoms with Gasteiger partial charge in [0.1, 0.15) is 19.3 Å². The molecule has 4 heteroatoms. The molecule has 1 aliphatic carbocycles. The number of aliphatic imine (C=N–C) groups is 2. The second kappa shape index (κ2) is 6.47. The van der Waals surface area contributed by atoms with Gasteiger partial charge in [-0.25, -0.2) is 9.98 Å². The molecule has 4 atom stereocenters. The smallest absolute Gasteiger partial charge is 0.188 e. The van der Waals surface area contributed by atoms with Crippen LogP contribution in [0.5, 0.6) is 0 Å². The zero-order valence-corrected chi connectivity index (χ0v) is 15.4. The summed E-state index contributed by atoms with van der Waals surface area (Å²) < 4.78 is 12.0. The molecular formula is C21H28N2O2. The van der Waals surface area contributed by atoms with Gasteiger partial charge in [0.05, 0.1) is 6.04 Å². The average Bonchev–Trinajstić information content (AvgIpc) is 3.33. The molecule has 3 aliphatic rings. The largest absolute Gasteiger partial charge is 0.478 e. The van der Waals surface area contributed by atoms with E-state index in [9.17, 15) is 0 Å². The Morgan fingerprint density at radius 1 is 0.880 bits per heavy atom. The van der Waals surface area contributed by atoms with E-state index in [2.05, 4.69) is 45.0 Å². The van der Waals surface area contributed by atoms with Crippen LogP contribution in [-0.4, -0.2) is 31.1 Å². The van der Waals surface area contributed by atoms with Crippen LogP contribution in [0.25, 0.3) is 0 Å². The molecule has 0 unspecified atom stereocenters. The first-order valence-corrected chi connectivity index (χ1v) is 9.48. The highest BCUT2D eigenvalue weighted by Gasteiger charge is 2.42. The van der Waals surface area contributed by atoms with Crippen molar-refractivity contribution in [1.82, 2.24) is 0 Å². The molecule has 4 nitrogen and oxygen atoms in total. The first kappa shape index (κ1) is 16.6. The van der Waals surface area contributed by atoms with Crippen molar-refractivity contribution in [3.05, 3.63) is 35.9 Å². The summed E-state index contributed by atoms with van der Waals surface area (Å²) >= 11 is 0. The summed E-state index contributed by atoms with van der Waals surface area (Å²) in [5.74, 6) is 2.52. The topological polar surface area (TPSA) is 43.2 Å². The van der Waals surface area contributed by atoms with Crippen molar-refractivity contribution in [2.24, 2.45) is 27.2 Å². The molecule has 4 rings (SSSR count). The minimum Gasteiger partial charge on any atom is -0.478 e. The van der Waals surface area contributed by atoms with E-state index >= 15 is 0 Å². The molecular weight excluding hydrogens is 312 g/mol. The van der Waals surface area contributed by atoms with Crippen LogP contribution in [0.4, 0.5) is 0 Å². The van der Waals surface area contributed by atoms with E-state index in [-0.39, 0.29) is 17.5 Å². The summed E-state index contributed by atoms with van der Waals surface area (Å²) in [4.78, 5) is 9.84. The Bertz CT molecular complexity index is 675. The lowest BCUT2D eigenvalue weighted by molar-refractivity contribution is 0.225. The Hall–Kier alpha value is -1.84. The molecule has 2 heterocycles. The predicted octanol–water partition coefficient (Wildman–Crippen LogP) is 4.42. The van der Waals surface area contributed by atoms with Crippen LogP contribution in [0.15, 0.2) is 40.3 Å². The van der Waals surface area contributed by atoms with Gasteiger partial charge in [-0.05, 0) is 23.8 Å². The van der Waals surface area contributed by atoms with Crippen molar-refractivity contribution in [2.45, 2.75) is 52.1 Å². The van der Waals surface area contributed by atoms with E-state index < -0.39 is 0 Å². The van der Waals surface area contributed by atoms with Crippen molar-refractivity contribution < 1.29 is 9.47 Å². The van der Waals surface area contributed by atoms with Crippen LogP contribution >= 0.6 is 0 Å². The quantitative estimate of drug-likeness (QED) is 0.817. The molecule has 1 aromatic rings. The van der Waals surface area contributed by atoms with Gasteiger partial charge in [0, 0.05) is 11.8 Å². The Morgan fingerprint density at radius 2 is 1.52 bits per heavy atom. The molecule has 0 bridgehead atoms. The Balaban J connectivity index is 1.51. The molecule has 25 heavy (non-hydrogen) atoms. The highest BCUT2D eigenvalue weighted by atomic mass is 16.5. The number of hydrogen-bond acceptors (Lipinski definition) is 4. The second-order valence-corrected chi connectivity index (χ2v) is 8.51. The molecule has 134 valence electrons. The SMILES string of the molecule is CC(C)(C)[C@H]1COC([C@@H]2CCC[C@H]2C2=N[C@@H](c3ccccc3)CO2)=N1. The van der Waals surface area contributed by atoms with Gasteiger partial charge in [0.25, 0.3) is 0 Å². The van der Waals surface area contributed by atoms with E-state index in [4.69, 9.17) is 19.5 Å². The lowest BCUT2D eigenvalue weighted by atomic mass is 9.88. The molecule has 0 radical (unpaired) electrons. The molecule has 1 fully saturated rings. The fourth-order valence-electron chi connectivity index (χ4n) is 4.03. The summed E-state index contributed by atoms with van der Waals surface area (Å²) in [7, 11) is 0. The highest BCUT2D eigenvalue weighted by molar-refractivity contribution is 5.89. The van der Waals surface area contributed by atoms with Crippen LogP contribution in [0.3, 0.4) is 0 Å². The highest BCUT2D eigenvalue weighted by Crippen LogP contribution is 2.40. The van der Waals surface area contributed by atoms with Crippen molar-refractivity contribution >= 4 is 11.8 Å². The zero-order chi connectivity index (χ0) is 17.4. The van der Waals surface area contributed by atoms with Gasteiger partial charge in [0.15, 0.2) is 11.8 Å². The number of benzene rings is 1. The van der Waals surface area contributed by atoms with Gasteiger partial charge < -0.3 is 9.47 Å². The molecule has 1 saturated carbocycles. The Kier molecular flexibility index (Phi) is 4.30. The monoisotopic (exact) mass is 340 g/mol. The van der Waals surface area contributed by atoms with Crippen LogP contribution in [0.1, 0.15) is 51.6 Å². The number of rotatable bonds is 3. The molecule has 2 aliphatic heterocycles. The molecule has 0 N–H and O–H groups in total. The van der Waals surface area contributed by atoms with Crippen molar-refractivity contribution in [3.63, 3.8) is 0 Å². The molecule has 0 saturated heterocycles. The molecule has 0 aromatic heterocycles. The summed E-state index contributed by atoms with van der Waals surface area (Å²) in [6, 6.07) is 10.8.